The highest BCUT2D eigenvalue weighted by Gasteiger charge is 2.34. The number of aryl methyl sites for hydroxylation is 1. The number of hydrogen-bond donors (Lipinski definition) is 0. The Morgan fingerprint density at radius 3 is 2.82 bits per heavy atom. The predicted octanol–water partition coefficient (Wildman–Crippen LogP) is 2.90. The zero-order chi connectivity index (χ0) is 15.5. The van der Waals surface area contributed by atoms with Crippen molar-refractivity contribution in [1.29, 1.82) is 0 Å². The maximum absolute atomic E-state index is 12.8. The molecule has 1 aromatic carbocycles. The molecule has 0 saturated heterocycles. The normalized spacial score (nSPS) is 16.0. The van der Waals surface area contributed by atoms with Crippen LogP contribution in [0.4, 0.5) is 0 Å². The molecule has 0 radical (unpaired) electrons. The van der Waals surface area contributed by atoms with Gasteiger partial charge in [0.1, 0.15) is 11.5 Å². The molecule has 116 valence electrons. The second-order valence-corrected chi connectivity index (χ2v) is 5.72. The smallest absolute Gasteiger partial charge is 0.230 e. The molecule has 4 heteroatoms. The molecule has 0 spiro atoms. The number of furan rings is 1. The highest BCUT2D eigenvalue weighted by molar-refractivity contribution is 5.86. The van der Waals surface area contributed by atoms with Crippen molar-refractivity contribution in [3.05, 3.63) is 59.0 Å². The number of fused-ring (bicyclic) bond motifs is 1. The van der Waals surface area contributed by atoms with Crippen LogP contribution in [0.3, 0.4) is 0 Å². The Morgan fingerprint density at radius 1 is 1.32 bits per heavy atom. The minimum absolute atomic E-state index is 0.0240. The van der Waals surface area contributed by atoms with Gasteiger partial charge < -0.3 is 14.1 Å². The number of benzene rings is 1. The largest absolute Gasteiger partial charge is 0.464 e. The number of carbonyl (C=O) groups excluding carboxylic acids is 1. The van der Waals surface area contributed by atoms with Crippen molar-refractivity contribution < 1.29 is 13.9 Å². The molecule has 1 heterocycles. The molecule has 2 aromatic rings. The molecule has 0 fully saturated rings. The predicted molar refractivity (Wildman–Crippen MR) is 83.6 cm³/mol. The van der Waals surface area contributed by atoms with Gasteiger partial charge >= 0.3 is 0 Å². The van der Waals surface area contributed by atoms with Crippen LogP contribution in [0, 0.1) is 6.92 Å². The number of rotatable bonds is 6. The van der Waals surface area contributed by atoms with Crippen molar-refractivity contribution in [1.82, 2.24) is 4.90 Å². The van der Waals surface area contributed by atoms with Gasteiger partial charge in [0.15, 0.2) is 0 Å². The van der Waals surface area contributed by atoms with E-state index in [2.05, 4.69) is 6.07 Å². The quantitative estimate of drug-likeness (QED) is 0.823. The van der Waals surface area contributed by atoms with E-state index in [9.17, 15) is 4.79 Å². The monoisotopic (exact) mass is 299 g/mol. The lowest BCUT2D eigenvalue weighted by Gasteiger charge is -2.33. The van der Waals surface area contributed by atoms with Gasteiger partial charge in [0, 0.05) is 13.7 Å². The van der Waals surface area contributed by atoms with Gasteiger partial charge in [-0.05, 0) is 36.6 Å². The van der Waals surface area contributed by atoms with Gasteiger partial charge in [-0.1, -0.05) is 24.3 Å². The van der Waals surface area contributed by atoms with Crippen molar-refractivity contribution in [2.24, 2.45) is 0 Å². The van der Waals surface area contributed by atoms with Gasteiger partial charge in [-0.3, -0.25) is 4.79 Å². The molecule has 3 rings (SSSR count). The standard InChI is InChI=1S/C18H21NO3/c1-13-7-8-15(22-13)12-19(9-10-21-2)18(20)17-11-14-5-3-4-6-16(14)17/h3-8,17H,9-12H2,1-2H3/t17-/m1/s1. The van der Waals surface area contributed by atoms with Gasteiger partial charge in [-0.2, -0.15) is 0 Å². The van der Waals surface area contributed by atoms with Crippen LogP contribution in [0.25, 0.3) is 0 Å². The van der Waals surface area contributed by atoms with Crippen LogP contribution < -0.4 is 0 Å². The third-order valence-corrected chi connectivity index (χ3v) is 4.17. The van der Waals surface area contributed by atoms with Gasteiger partial charge in [-0.25, -0.2) is 0 Å². The van der Waals surface area contributed by atoms with Crippen LogP contribution >= 0.6 is 0 Å². The molecule has 0 bridgehead atoms. The Bertz CT molecular complexity index is 662. The zero-order valence-corrected chi connectivity index (χ0v) is 13.0. The molecule has 1 aliphatic rings. The van der Waals surface area contributed by atoms with Crippen molar-refractivity contribution in [3.8, 4) is 0 Å². The fourth-order valence-electron chi connectivity index (χ4n) is 2.93. The summed E-state index contributed by atoms with van der Waals surface area (Å²) in [6.07, 6.45) is 0.829. The first kappa shape index (κ1) is 14.9. The summed E-state index contributed by atoms with van der Waals surface area (Å²) in [6.45, 7) is 3.51. The van der Waals surface area contributed by atoms with Crippen LogP contribution in [0.2, 0.25) is 0 Å². The maximum atomic E-state index is 12.8. The van der Waals surface area contributed by atoms with E-state index in [-0.39, 0.29) is 11.8 Å². The number of hydrogen-bond acceptors (Lipinski definition) is 3. The molecule has 0 aliphatic heterocycles. The van der Waals surface area contributed by atoms with E-state index in [1.165, 1.54) is 5.56 Å². The van der Waals surface area contributed by atoms with E-state index >= 15 is 0 Å². The molecule has 1 aromatic heterocycles. The first-order valence-corrected chi connectivity index (χ1v) is 7.60. The Morgan fingerprint density at radius 2 is 2.14 bits per heavy atom. The van der Waals surface area contributed by atoms with Crippen LogP contribution in [0.5, 0.6) is 0 Å². The fraction of sp³-hybridized carbons (Fsp3) is 0.389. The number of ether oxygens (including phenoxy) is 1. The molecule has 1 atom stereocenters. The molecule has 1 aliphatic carbocycles. The Labute approximate surface area is 130 Å². The summed E-state index contributed by atoms with van der Waals surface area (Å²) in [7, 11) is 1.65. The van der Waals surface area contributed by atoms with Crippen LogP contribution in [0.15, 0.2) is 40.8 Å². The SMILES string of the molecule is COCCN(Cc1ccc(C)o1)C(=O)[C@@H]1Cc2ccccc21. The summed E-state index contributed by atoms with van der Waals surface area (Å²) in [5.74, 6) is 1.81. The summed E-state index contributed by atoms with van der Waals surface area (Å²) in [5.41, 5.74) is 2.44. The first-order chi connectivity index (χ1) is 10.7. The van der Waals surface area contributed by atoms with E-state index < -0.39 is 0 Å². The first-order valence-electron chi connectivity index (χ1n) is 7.60. The van der Waals surface area contributed by atoms with Crippen LogP contribution in [-0.4, -0.2) is 31.1 Å². The van der Waals surface area contributed by atoms with Gasteiger partial charge in [0.05, 0.1) is 19.1 Å². The molecular formula is C18H21NO3. The Kier molecular flexibility index (Phi) is 4.29. The molecule has 22 heavy (non-hydrogen) atoms. The summed E-state index contributed by atoms with van der Waals surface area (Å²) in [4.78, 5) is 14.7. The number of methoxy groups -OCH3 is 1. The molecule has 0 N–H and O–H groups in total. The van der Waals surface area contributed by atoms with Crippen molar-refractivity contribution in [3.63, 3.8) is 0 Å². The summed E-state index contributed by atoms with van der Waals surface area (Å²) in [5, 5.41) is 0. The van der Waals surface area contributed by atoms with E-state index in [0.717, 1.165) is 23.5 Å². The van der Waals surface area contributed by atoms with Gasteiger partial charge in [-0.15, -0.1) is 0 Å². The second-order valence-electron chi connectivity index (χ2n) is 5.72. The number of amides is 1. The molecule has 1 amide bonds. The van der Waals surface area contributed by atoms with Crippen molar-refractivity contribution >= 4 is 5.91 Å². The van der Waals surface area contributed by atoms with E-state index in [1.807, 2.05) is 42.2 Å². The van der Waals surface area contributed by atoms with E-state index in [1.54, 1.807) is 7.11 Å². The lowest BCUT2D eigenvalue weighted by Crippen LogP contribution is -2.40. The third-order valence-electron chi connectivity index (χ3n) is 4.17. The Balaban J connectivity index is 1.73. The molecule has 4 nitrogen and oxygen atoms in total. The average molecular weight is 299 g/mol. The molecule has 0 unspecified atom stereocenters. The maximum Gasteiger partial charge on any atom is 0.230 e. The Hall–Kier alpha value is -2.07. The molecular weight excluding hydrogens is 278 g/mol. The van der Waals surface area contributed by atoms with Crippen LogP contribution in [0.1, 0.15) is 28.6 Å². The highest BCUT2D eigenvalue weighted by Crippen LogP contribution is 2.36. The minimum atomic E-state index is -0.0240. The fourth-order valence-corrected chi connectivity index (χ4v) is 2.93. The zero-order valence-electron chi connectivity index (χ0n) is 13.0. The van der Waals surface area contributed by atoms with Gasteiger partial charge in [0.2, 0.25) is 5.91 Å². The van der Waals surface area contributed by atoms with Crippen molar-refractivity contribution in [2.75, 3.05) is 20.3 Å². The lowest BCUT2D eigenvalue weighted by atomic mass is 9.77. The summed E-state index contributed by atoms with van der Waals surface area (Å²) >= 11 is 0. The summed E-state index contributed by atoms with van der Waals surface area (Å²) in [6, 6.07) is 12.0. The van der Waals surface area contributed by atoms with Crippen LogP contribution in [-0.2, 0) is 22.5 Å². The number of carbonyl (C=O) groups is 1. The summed E-state index contributed by atoms with van der Waals surface area (Å²) < 4.78 is 10.8. The third kappa shape index (κ3) is 2.92. The van der Waals surface area contributed by atoms with Gasteiger partial charge in [0.25, 0.3) is 0 Å². The minimum Gasteiger partial charge on any atom is -0.464 e. The molecule has 0 saturated carbocycles. The van der Waals surface area contributed by atoms with E-state index in [0.29, 0.717) is 19.7 Å². The second kappa shape index (κ2) is 6.36. The highest BCUT2D eigenvalue weighted by atomic mass is 16.5. The van der Waals surface area contributed by atoms with E-state index in [4.69, 9.17) is 9.15 Å². The van der Waals surface area contributed by atoms with Crippen molar-refractivity contribution in [2.45, 2.75) is 25.8 Å². The topological polar surface area (TPSA) is 42.7 Å². The average Bonchev–Trinajstić information content (AvgIpc) is 2.90. The lowest BCUT2D eigenvalue weighted by molar-refractivity contribution is -0.135. The number of nitrogens with zero attached hydrogens (tertiary/aromatic N) is 1.